The smallest absolute Gasteiger partial charge is 0.236 e. The van der Waals surface area contributed by atoms with Crippen LogP contribution in [0.5, 0.6) is 0 Å². The van der Waals surface area contributed by atoms with E-state index >= 15 is 0 Å². The van der Waals surface area contributed by atoms with E-state index in [1.165, 1.54) is 11.1 Å². The Morgan fingerprint density at radius 1 is 1.30 bits per heavy atom. The number of nitrogens with one attached hydrogen (secondary N) is 1. The highest BCUT2D eigenvalue weighted by molar-refractivity contribution is 7.13. The molecular formula is C17H18N4OS. The van der Waals surface area contributed by atoms with Gasteiger partial charge < -0.3 is 15.5 Å². The Balaban J connectivity index is 1.64. The molecule has 0 spiro atoms. The number of aliphatic imine (C=N–C) groups is 1. The zero-order valence-corrected chi connectivity index (χ0v) is 13.9. The van der Waals surface area contributed by atoms with E-state index in [1.54, 1.807) is 17.6 Å². The minimum atomic E-state index is 0.355. The number of nitrogens with zero attached hydrogens (tertiary/aromatic N) is 2. The molecule has 2 heterocycles. The highest BCUT2D eigenvalue weighted by Gasteiger charge is 2.07. The van der Waals surface area contributed by atoms with Crippen LogP contribution in [0.1, 0.15) is 16.8 Å². The van der Waals surface area contributed by atoms with Gasteiger partial charge in [0.25, 0.3) is 0 Å². The summed E-state index contributed by atoms with van der Waals surface area (Å²) < 4.78 is 5.46. The fourth-order valence-corrected chi connectivity index (χ4v) is 2.72. The van der Waals surface area contributed by atoms with Crippen LogP contribution in [0.2, 0.25) is 0 Å². The van der Waals surface area contributed by atoms with Crippen molar-refractivity contribution in [2.24, 2.45) is 10.7 Å². The van der Waals surface area contributed by atoms with Gasteiger partial charge in [0.05, 0.1) is 11.4 Å². The molecule has 0 saturated heterocycles. The summed E-state index contributed by atoms with van der Waals surface area (Å²) in [5.41, 5.74) is 10.1. The van der Waals surface area contributed by atoms with Gasteiger partial charge in [0.1, 0.15) is 12.0 Å². The first-order valence-corrected chi connectivity index (χ1v) is 8.12. The van der Waals surface area contributed by atoms with Crippen LogP contribution in [0.3, 0.4) is 0 Å². The van der Waals surface area contributed by atoms with E-state index in [0.717, 1.165) is 16.3 Å². The SMILES string of the molecule is Cc1ccc(NC(N)=NCc2coc(-c3cccs3)n2)cc1C. The lowest BCUT2D eigenvalue weighted by Crippen LogP contribution is -2.22. The van der Waals surface area contributed by atoms with Crippen molar-refractivity contribution in [2.75, 3.05) is 5.32 Å². The Labute approximate surface area is 138 Å². The van der Waals surface area contributed by atoms with Crippen LogP contribution in [-0.2, 0) is 6.54 Å². The molecule has 1 aromatic carbocycles. The van der Waals surface area contributed by atoms with E-state index in [4.69, 9.17) is 10.2 Å². The molecule has 0 bridgehead atoms. The van der Waals surface area contributed by atoms with Gasteiger partial charge in [0, 0.05) is 5.69 Å². The first-order chi connectivity index (χ1) is 11.1. The van der Waals surface area contributed by atoms with Gasteiger partial charge in [-0.2, -0.15) is 0 Å². The molecule has 0 saturated carbocycles. The lowest BCUT2D eigenvalue weighted by molar-refractivity contribution is 0.574. The maximum atomic E-state index is 5.93. The van der Waals surface area contributed by atoms with E-state index in [-0.39, 0.29) is 0 Å². The van der Waals surface area contributed by atoms with Crippen molar-refractivity contribution in [2.45, 2.75) is 20.4 Å². The van der Waals surface area contributed by atoms with Crippen molar-refractivity contribution >= 4 is 23.0 Å². The summed E-state index contributed by atoms with van der Waals surface area (Å²) in [6, 6.07) is 10.0. The Bertz CT molecular complexity index is 821. The normalized spacial score (nSPS) is 11.7. The minimum absolute atomic E-state index is 0.355. The van der Waals surface area contributed by atoms with Crippen molar-refractivity contribution in [3.05, 3.63) is 58.8 Å². The molecule has 0 radical (unpaired) electrons. The number of anilines is 1. The molecule has 0 aliphatic carbocycles. The van der Waals surface area contributed by atoms with Crippen LogP contribution >= 0.6 is 11.3 Å². The summed E-state index contributed by atoms with van der Waals surface area (Å²) in [5, 5.41) is 5.07. The number of thiophene rings is 1. The van der Waals surface area contributed by atoms with Gasteiger partial charge in [-0.15, -0.1) is 11.3 Å². The summed E-state index contributed by atoms with van der Waals surface area (Å²) in [7, 11) is 0. The predicted molar refractivity (Wildman–Crippen MR) is 94.7 cm³/mol. The summed E-state index contributed by atoms with van der Waals surface area (Å²) >= 11 is 1.59. The van der Waals surface area contributed by atoms with Gasteiger partial charge in [-0.25, -0.2) is 9.98 Å². The number of benzene rings is 1. The Hall–Kier alpha value is -2.60. The predicted octanol–water partition coefficient (Wildman–Crippen LogP) is 3.95. The number of aromatic nitrogens is 1. The standard InChI is InChI=1S/C17H18N4OS/c1-11-5-6-13(8-12(11)2)21-17(18)19-9-14-10-22-16(20-14)15-4-3-7-23-15/h3-8,10H,9H2,1-2H3,(H3,18,19,21). The number of aryl methyl sites for hydroxylation is 2. The van der Waals surface area contributed by atoms with Crippen LogP contribution in [-0.4, -0.2) is 10.9 Å². The average molecular weight is 326 g/mol. The Morgan fingerprint density at radius 3 is 2.91 bits per heavy atom. The number of hydrogen-bond acceptors (Lipinski definition) is 4. The number of nitrogens with two attached hydrogens (primary N) is 1. The molecule has 3 N–H and O–H groups in total. The van der Waals surface area contributed by atoms with Gasteiger partial charge in [0.15, 0.2) is 5.96 Å². The molecular weight excluding hydrogens is 308 g/mol. The quantitative estimate of drug-likeness (QED) is 0.562. The molecule has 0 aliphatic heterocycles. The molecule has 0 unspecified atom stereocenters. The molecule has 3 rings (SSSR count). The maximum Gasteiger partial charge on any atom is 0.236 e. The van der Waals surface area contributed by atoms with Crippen LogP contribution < -0.4 is 11.1 Å². The fraction of sp³-hybridized carbons (Fsp3) is 0.176. The first-order valence-electron chi connectivity index (χ1n) is 7.24. The lowest BCUT2D eigenvalue weighted by Gasteiger charge is -2.07. The van der Waals surface area contributed by atoms with Crippen molar-refractivity contribution < 1.29 is 4.42 Å². The molecule has 0 amide bonds. The largest absolute Gasteiger partial charge is 0.443 e. The molecule has 2 aromatic heterocycles. The van der Waals surface area contributed by atoms with Crippen LogP contribution in [0, 0.1) is 13.8 Å². The second-order valence-electron chi connectivity index (χ2n) is 5.25. The topological polar surface area (TPSA) is 76.4 Å². The number of hydrogen-bond donors (Lipinski definition) is 2. The van der Waals surface area contributed by atoms with E-state index in [0.29, 0.717) is 18.4 Å². The maximum absolute atomic E-state index is 5.93. The lowest BCUT2D eigenvalue weighted by atomic mass is 10.1. The van der Waals surface area contributed by atoms with Gasteiger partial charge >= 0.3 is 0 Å². The highest BCUT2D eigenvalue weighted by atomic mass is 32.1. The third-order valence-electron chi connectivity index (χ3n) is 3.47. The molecule has 6 heteroatoms. The minimum Gasteiger partial charge on any atom is -0.443 e. The third-order valence-corrected chi connectivity index (χ3v) is 4.33. The zero-order valence-electron chi connectivity index (χ0n) is 13.0. The molecule has 118 valence electrons. The van der Waals surface area contributed by atoms with Crippen molar-refractivity contribution in [1.29, 1.82) is 0 Å². The summed E-state index contributed by atoms with van der Waals surface area (Å²) in [5.74, 6) is 0.972. The van der Waals surface area contributed by atoms with E-state index in [9.17, 15) is 0 Å². The monoisotopic (exact) mass is 326 g/mol. The van der Waals surface area contributed by atoms with Gasteiger partial charge in [-0.3, -0.25) is 0 Å². The van der Waals surface area contributed by atoms with Gasteiger partial charge in [0.2, 0.25) is 5.89 Å². The molecule has 3 aromatic rings. The number of oxazole rings is 1. The highest BCUT2D eigenvalue weighted by Crippen LogP contribution is 2.23. The third kappa shape index (κ3) is 3.78. The van der Waals surface area contributed by atoms with Crippen molar-refractivity contribution in [1.82, 2.24) is 4.98 Å². The molecule has 0 fully saturated rings. The van der Waals surface area contributed by atoms with E-state index < -0.39 is 0 Å². The van der Waals surface area contributed by atoms with Gasteiger partial charge in [-0.1, -0.05) is 12.1 Å². The molecule has 23 heavy (non-hydrogen) atoms. The average Bonchev–Trinajstić information content (AvgIpc) is 3.19. The fourth-order valence-electron chi connectivity index (χ4n) is 2.07. The van der Waals surface area contributed by atoms with Gasteiger partial charge in [-0.05, 0) is 48.6 Å². The summed E-state index contributed by atoms with van der Waals surface area (Å²) in [6.45, 7) is 4.51. The molecule has 0 atom stereocenters. The van der Waals surface area contributed by atoms with Crippen molar-refractivity contribution in [3.8, 4) is 10.8 Å². The van der Waals surface area contributed by atoms with E-state index in [1.807, 2.05) is 29.6 Å². The van der Waals surface area contributed by atoms with Crippen LogP contribution in [0.4, 0.5) is 5.69 Å². The first kappa shape index (κ1) is 15.3. The second kappa shape index (κ2) is 6.66. The summed E-state index contributed by atoms with van der Waals surface area (Å²) in [6.07, 6.45) is 1.61. The summed E-state index contributed by atoms with van der Waals surface area (Å²) in [4.78, 5) is 9.71. The molecule has 5 nitrogen and oxygen atoms in total. The number of guanidine groups is 1. The van der Waals surface area contributed by atoms with E-state index in [2.05, 4.69) is 35.2 Å². The zero-order chi connectivity index (χ0) is 16.2. The van der Waals surface area contributed by atoms with Crippen LogP contribution in [0.15, 0.2) is 51.4 Å². The Morgan fingerprint density at radius 2 is 2.17 bits per heavy atom. The Kier molecular flexibility index (Phi) is 4.43. The van der Waals surface area contributed by atoms with Crippen LogP contribution in [0.25, 0.3) is 10.8 Å². The molecule has 0 aliphatic rings. The second-order valence-corrected chi connectivity index (χ2v) is 6.19. The van der Waals surface area contributed by atoms with Crippen molar-refractivity contribution in [3.63, 3.8) is 0 Å². The number of rotatable bonds is 4.